The summed E-state index contributed by atoms with van der Waals surface area (Å²) in [5.41, 5.74) is 3.78. The van der Waals surface area contributed by atoms with Crippen molar-refractivity contribution in [1.29, 1.82) is 5.26 Å². The van der Waals surface area contributed by atoms with E-state index in [1.54, 1.807) is 18.2 Å². The quantitative estimate of drug-likeness (QED) is 0.296. The van der Waals surface area contributed by atoms with Gasteiger partial charge >= 0.3 is 0 Å². The van der Waals surface area contributed by atoms with Crippen LogP contribution in [-0.4, -0.2) is 5.91 Å². The number of benzene rings is 4. The minimum atomic E-state index is -0.439. The van der Waals surface area contributed by atoms with Gasteiger partial charge in [-0.15, -0.1) is 0 Å². The molecule has 1 N–H and O–H groups in total. The standard InChI is InChI=1S/C28H22N2O2/c1-20-11-14-22-7-5-6-10-26(22)27(20)19-32-25-15-12-21(13-16-25)17-23(18-29)28(31)30-24-8-3-2-4-9-24/h2-17H,19H2,1H3,(H,30,31)/b23-17+. The summed E-state index contributed by atoms with van der Waals surface area (Å²) in [6.45, 7) is 2.55. The Kier molecular flexibility index (Phi) is 6.29. The molecule has 4 aromatic rings. The highest BCUT2D eigenvalue weighted by Gasteiger charge is 2.10. The number of ether oxygens (including phenoxy) is 1. The molecule has 4 rings (SSSR count). The van der Waals surface area contributed by atoms with Gasteiger partial charge in [-0.25, -0.2) is 0 Å². The summed E-state index contributed by atoms with van der Waals surface area (Å²) in [6.07, 6.45) is 1.57. The number of fused-ring (bicyclic) bond motifs is 1. The van der Waals surface area contributed by atoms with E-state index in [4.69, 9.17) is 4.74 Å². The van der Waals surface area contributed by atoms with Gasteiger partial charge in [0.1, 0.15) is 24.0 Å². The van der Waals surface area contributed by atoms with Crippen molar-refractivity contribution >= 4 is 28.4 Å². The minimum absolute atomic E-state index is 0.0360. The predicted molar refractivity (Wildman–Crippen MR) is 128 cm³/mol. The number of rotatable bonds is 6. The smallest absolute Gasteiger partial charge is 0.266 e. The number of carbonyl (C=O) groups is 1. The molecule has 4 aromatic carbocycles. The van der Waals surface area contributed by atoms with Crippen molar-refractivity contribution in [2.75, 3.05) is 5.32 Å². The van der Waals surface area contributed by atoms with Crippen molar-refractivity contribution in [3.8, 4) is 11.8 Å². The number of para-hydroxylation sites is 1. The number of carbonyl (C=O) groups excluding carboxylic acids is 1. The fourth-order valence-electron chi connectivity index (χ4n) is 3.49. The second-order valence-electron chi connectivity index (χ2n) is 7.43. The third kappa shape index (κ3) is 4.85. The van der Waals surface area contributed by atoms with E-state index in [2.05, 4.69) is 36.5 Å². The molecular formula is C28H22N2O2. The lowest BCUT2D eigenvalue weighted by molar-refractivity contribution is -0.112. The monoisotopic (exact) mass is 418 g/mol. The Hall–Kier alpha value is -4.36. The number of hydrogen-bond acceptors (Lipinski definition) is 3. The zero-order chi connectivity index (χ0) is 22.3. The molecule has 0 aromatic heterocycles. The molecule has 0 saturated carbocycles. The van der Waals surface area contributed by atoms with Crippen molar-refractivity contribution in [2.45, 2.75) is 13.5 Å². The summed E-state index contributed by atoms with van der Waals surface area (Å²) >= 11 is 0. The highest BCUT2D eigenvalue weighted by atomic mass is 16.5. The average molecular weight is 418 g/mol. The Morgan fingerprint density at radius 3 is 2.41 bits per heavy atom. The lowest BCUT2D eigenvalue weighted by Crippen LogP contribution is -2.13. The van der Waals surface area contributed by atoms with E-state index in [-0.39, 0.29) is 5.57 Å². The van der Waals surface area contributed by atoms with Crippen molar-refractivity contribution in [3.05, 3.63) is 113 Å². The third-order valence-electron chi connectivity index (χ3n) is 5.25. The Morgan fingerprint density at radius 2 is 1.66 bits per heavy atom. The maximum atomic E-state index is 12.4. The molecule has 0 aliphatic heterocycles. The second-order valence-corrected chi connectivity index (χ2v) is 7.43. The third-order valence-corrected chi connectivity index (χ3v) is 5.25. The van der Waals surface area contributed by atoms with Crippen LogP contribution < -0.4 is 10.1 Å². The van der Waals surface area contributed by atoms with Crippen LogP contribution in [-0.2, 0) is 11.4 Å². The number of nitrogens with zero attached hydrogens (tertiary/aromatic N) is 1. The average Bonchev–Trinajstić information content (AvgIpc) is 2.83. The van der Waals surface area contributed by atoms with E-state index >= 15 is 0 Å². The Morgan fingerprint density at radius 1 is 0.938 bits per heavy atom. The van der Waals surface area contributed by atoms with Gasteiger partial charge in [-0.05, 0) is 59.2 Å². The normalized spacial score (nSPS) is 11.1. The molecule has 4 nitrogen and oxygen atoms in total. The summed E-state index contributed by atoms with van der Waals surface area (Å²) in [5.74, 6) is 0.284. The van der Waals surface area contributed by atoms with Crippen LogP contribution in [0.4, 0.5) is 5.69 Å². The van der Waals surface area contributed by atoms with Gasteiger partial charge in [-0.2, -0.15) is 5.26 Å². The summed E-state index contributed by atoms with van der Waals surface area (Å²) < 4.78 is 6.03. The zero-order valence-corrected chi connectivity index (χ0v) is 17.7. The van der Waals surface area contributed by atoms with Crippen LogP contribution in [0.3, 0.4) is 0 Å². The predicted octanol–water partition coefficient (Wildman–Crippen LogP) is 6.27. The first-order valence-corrected chi connectivity index (χ1v) is 10.3. The Labute approximate surface area is 187 Å². The van der Waals surface area contributed by atoms with E-state index < -0.39 is 5.91 Å². The molecule has 1 amide bonds. The van der Waals surface area contributed by atoms with E-state index in [1.165, 1.54) is 16.3 Å². The first-order chi connectivity index (χ1) is 15.6. The van der Waals surface area contributed by atoms with Gasteiger partial charge < -0.3 is 10.1 Å². The largest absolute Gasteiger partial charge is 0.489 e. The van der Waals surface area contributed by atoms with Crippen molar-refractivity contribution < 1.29 is 9.53 Å². The lowest BCUT2D eigenvalue weighted by atomic mass is 10.0. The van der Waals surface area contributed by atoms with Gasteiger partial charge in [0, 0.05) is 11.3 Å². The number of anilines is 1. The molecule has 156 valence electrons. The van der Waals surface area contributed by atoms with Gasteiger partial charge in [0.05, 0.1) is 0 Å². The summed E-state index contributed by atoms with van der Waals surface area (Å²) in [4.78, 5) is 12.4. The van der Waals surface area contributed by atoms with Gasteiger partial charge in [0.2, 0.25) is 0 Å². The van der Waals surface area contributed by atoms with Gasteiger partial charge in [-0.3, -0.25) is 4.79 Å². The second kappa shape index (κ2) is 9.63. The van der Waals surface area contributed by atoms with Crippen molar-refractivity contribution in [3.63, 3.8) is 0 Å². The number of aryl methyl sites for hydroxylation is 1. The van der Waals surface area contributed by atoms with Crippen LogP contribution in [0.1, 0.15) is 16.7 Å². The molecule has 0 spiro atoms. The van der Waals surface area contributed by atoms with E-state index in [0.29, 0.717) is 12.3 Å². The van der Waals surface area contributed by atoms with E-state index in [1.807, 2.05) is 60.7 Å². The van der Waals surface area contributed by atoms with Gasteiger partial charge in [0.15, 0.2) is 0 Å². The maximum absolute atomic E-state index is 12.4. The number of nitriles is 1. The molecule has 0 bridgehead atoms. The summed E-state index contributed by atoms with van der Waals surface area (Å²) in [7, 11) is 0. The van der Waals surface area contributed by atoms with E-state index in [0.717, 1.165) is 16.9 Å². The first kappa shape index (κ1) is 20.9. The van der Waals surface area contributed by atoms with Crippen LogP contribution in [0, 0.1) is 18.3 Å². The van der Waals surface area contributed by atoms with Crippen molar-refractivity contribution in [1.82, 2.24) is 0 Å². The first-order valence-electron chi connectivity index (χ1n) is 10.3. The molecule has 4 heteroatoms. The highest BCUT2D eigenvalue weighted by molar-refractivity contribution is 6.09. The molecule has 0 saturated heterocycles. The fraction of sp³-hybridized carbons (Fsp3) is 0.0714. The molecule has 0 heterocycles. The topological polar surface area (TPSA) is 62.1 Å². The maximum Gasteiger partial charge on any atom is 0.266 e. The minimum Gasteiger partial charge on any atom is -0.489 e. The number of amides is 1. The highest BCUT2D eigenvalue weighted by Crippen LogP contribution is 2.24. The van der Waals surface area contributed by atoms with Crippen molar-refractivity contribution in [2.24, 2.45) is 0 Å². The molecular weight excluding hydrogens is 396 g/mol. The summed E-state index contributed by atoms with van der Waals surface area (Å²) in [6, 6.07) is 30.9. The molecule has 0 fully saturated rings. The van der Waals surface area contributed by atoms with Crippen LogP contribution in [0.2, 0.25) is 0 Å². The number of nitrogens with one attached hydrogen (secondary N) is 1. The molecule has 0 aliphatic rings. The fourth-order valence-corrected chi connectivity index (χ4v) is 3.49. The molecule has 0 atom stereocenters. The summed E-state index contributed by atoms with van der Waals surface area (Å²) in [5, 5.41) is 14.5. The molecule has 0 aliphatic carbocycles. The Bertz CT molecular complexity index is 1320. The van der Waals surface area contributed by atoms with Gasteiger partial charge in [0.25, 0.3) is 5.91 Å². The van der Waals surface area contributed by atoms with Crippen LogP contribution in [0.5, 0.6) is 5.75 Å². The molecule has 32 heavy (non-hydrogen) atoms. The van der Waals surface area contributed by atoms with Gasteiger partial charge in [-0.1, -0.05) is 66.7 Å². The number of hydrogen-bond donors (Lipinski definition) is 1. The Balaban J connectivity index is 1.46. The SMILES string of the molecule is Cc1ccc2ccccc2c1COc1ccc(/C=C(\C#N)C(=O)Nc2ccccc2)cc1. The molecule has 0 unspecified atom stereocenters. The van der Waals surface area contributed by atoms with E-state index in [9.17, 15) is 10.1 Å². The van der Waals surface area contributed by atoms with Crippen LogP contribution in [0.25, 0.3) is 16.8 Å². The van der Waals surface area contributed by atoms with Crippen LogP contribution in [0.15, 0.2) is 96.6 Å². The van der Waals surface area contributed by atoms with Crippen LogP contribution >= 0.6 is 0 Å². The molecule has 0 radical (unpaired) electrons. The lowest BCUT2D eigenvalue weighted by Gasteiger charge is -2.12. The zero-order valence-electron chi connectivity index (χ0n) is 17.7.